The topological polar surface area (TPSA) is 78.3 Å². The maximum absolute atomic E-state index is 11.1. The molecule has 0 aliphatic heterocycles. The minimum atomic E-state index is -0.459. The zero-order valence-corrected chi connectivity index (χ0v) is 14.2. The molecule has 2 N–H and O–H groups in total. The van der Waals surface area contributed by atoms with Crippen molar-refractivity contribution in [1.82, 2.24) is 4.98 Å². The number of benzene rings is 1. The lowest BCUT2D eigenvalue weighted by Gasteiger charge is -2.06. The number of carbonyl (C=O) groups is 1. The number of para-hydroxylation sites is 1. The second-order valence-corrected chi connectivity index (χ2v) is 5.58. The first-order valence-electron chi connectivity index (χ1n) is 8.22. The van der Waals surface area contributed by atoms with Gasteiger partial charge in [0.05, 0.1) is 6.61 Å². The van der Waals surface area contributed by atoms with Gasteiger partial charge in [0.15, 0.2) is 12.4 Å². The maximum atomic E-state index is 11.1. The summed E-state index contributed by atoms with van der Waals surface area (Å²) in [5.41, 5.74) is 6.55. The Bertz CT molecular complexity index is 920. The van der Waals surface area contributed by atoms with Crippen molar-refractivity contribution in [2.45, 2.75) is 6.73 Å². The van der Waals surface area contributed by atoms with Crippen LogP contribution in [-0.2, 0) is 11.5 Å². The van der Waals surface area contributed by atoms with Gasteiger partial charge in [-0.05, 0) is 24.3 Å². The number of rotatable bonds is 8. The van der Waals surface area contributed by atoms with Crippen molar-refractivity contribution in [2.24, 2.45) is 5.73 Å². The van der Waals surface area contributed by atoms with E-state index >= 15 is 0 Å². The van der Waals surface area contributed by atoms with Gasteiger partial charge in [0.2, 0.25) is 0 Å². The summed E-state index contributed by atoms with van der Waals surface area (Å²) in [5, 5.41) is 1.05. The van der Waals surface area contributed by atoms with Crippen LogP contribution in [0.1, 0.15) is 10.4 Å². The minimum absolute atomic E-state index is 0.333. The molecule has 2 aromatic heterocycles. The van der Waals surface area contributed by atoms with Crippen LogP contribution in [0.25, 0.3) is 10.9 Å². The van der Waals surface area contributed by atoms with Crippen LogP contribution in [0.3, 0.4) is 0 Å². The fourth-order valence-corrected chi connectivity index (χ4v) is 2.44. The monoisotopic (exact) mass is 350 g/mol. The lowest BCUT2D eigenvalue weighted by Crippen LogP contribution is -2.35. The van der Waals surface area contributed by atoms with Gasteiger partial charge < -0.3 is 15.2 Å². The van der Waals surface area contributed by atoms with Gasteiger partial charge in [0.1, 0.15) is 23.4 Å². The Morgan fingerprint density at radius 3 is 2.85 bits per heavy atom. The van der Waals surface area contributed by atoms with Gasteiger partial charge in [0.25, 0.3) is 12.6 Å². The Morgan fingerprint density at radius 1 is 1.12 bits per heavy atom. The van der Waals surface area contributed by atoms with Crippen molar-refractivity contribution in [2.75, 3.05) is 13.2 Å². The molecule has 0 atom stereocenters. The average molecular weight is 350 g/mol. The highest BCUT2D eigenvalue weighted by molar-refractivity contribution is 5.92. The average Bonchev–Trinajstić information content (AvgIpc) is 2.67. The Morgan fingerprint density at radius 2 is 1.96 bits per heavy atom. The molecule has 0 saturated heterocycles. The van der Waals surface area contributed by atoms with E-state index in [0.29, 0.717) is 25.5 Å². The Balaban J connectivity index is 1.44. The van der Waals surface area contributed by atoms with Gasteiger partial charge in [0, 0.05) is 17.6 Å². The predicted molar refractivity (Wildman–Crippen MR) is 97.5 cm³/mol. The van der Waals surface area contributed by atoms with E-state index in [4.69, 9.17) is 15.2 Å². The lowest BCUT2D eigenvalue weighted by molar-refractivity contribution is -0.732. The van der Waals surface area contributed by atoms with Gasteiger partial charge in [-0.15, -0.1) is 0 Å². The molecule has 0 saturated carbocycles. The van der Waals surface area contributed by atoms with Gasteiger partial charge in [-0.25, -0.2) is 0 Å². The Hall–Kier alpha value is -3.25. The van der Waals surface area contributed by atoms with Crippen LogP contribution in [0.5, 0.6) is 5.75 Å². The van der Waals surface area contributed by atoms with Crippen LogP contribution in [0.15, 0.2) is 73.2 Å². The number of fused-ring (bicyclic) bond motifs is 1. The summed E-state index contributed by atoms with van der Waals surface area (Å²) in [5.74, 6) is 0.298. The number of nitrogens with zero attached hydrogens (tertiary/aromatic N) is 2. The largest absolute Gasteiger partial charge is 0.487 e. The number of aromatic nitrogens is 2. The predicted octanol–water partition coefficient (Wildman–Crippen LogP) is 2.23. The molecule has 0 radical (unpaired) electrons. The second kappa shape index (κ2) is 8.73. The van der Waals surface area contributed by atoms with E-state index in [1.165, 1.54) is 0 Å². The minimum Gasteiger partial charge on any atom is -0.487 e. The first-order chi connectivity index (χ1) is 12.7. The van der Waals surface area contributed by atoms with Crippen molar-refractivity contribution >= 4 is 16.8 Å². The molecule has 0 aliphatic carbocycles. The summed E-state index contributed by atoms with van der Waals surface area (Å²) >= 11 is 0. The van der Waals surface area contributed by atoms with Gasteiger partial charge in [-0.2, -0.15) is 4.57 Å². The maximum Gasteiger partial charge on any atom is 0.254 e. The molecule has 3 rings (SSSR count). The Labute approximate surface area is 151 Å². The van der Waals surface area contributed by atoms with Crippen molar-refractivity contribution in [3.63, 3.8) is 0 Å². The third kappa shape index (κ3) is 4.64. The van der Waals surface area contributed by atoms with Crippen LogP contribution >= 0.6 is 0 Å². The fraction of sp³-hybridized carbons (Fsp3) is 0.150. The van der Waals surface area contributed by atoms with Gasteiger partial charge >= 0.3 is 0 Å². The van der Waals surface area contributed by atoms with E-state index in [9.17, 15) is 4.79 Å². The second-order valence-electron chi connectivity index (χ2n) is 5.58. The molecule has 0 bridgehead atoms. The summed E-state index contributed by atoms with van der Waals surface area (Å²) in [6.45, 7) is 1.20. The third-order valence-electron chi connectivity index (χ3n) is 3.69. The quantitative estimate of drug-likeness (QED) is 0.384. The van der Waals surface area contributed by atoms with Gasteiger partial charge in [-0.1, -0.05) is 24.3 Å². The van der Waals surface area contributed by atoms with Crippen molar-refractivity contribution < 1.29 is 18.8 Å². The molecule has 1 aromatic carbocycles. The standard InChI is InChI=1S/C20H19N3O3/c21-20(24)17-8-5-11-23(14-17)15-25-12-1-2-13-26-18-9-3-6-16-7-4-10-22-19(16)18/h1-11,14H,12-13,15H2,(H-,21,24)/p+1/b2-1+. The van der Waals surface area contributed by atoms with Crippen molar-refractivity contribution in [1.29, 1.82) is 0 Å². The molecule has 0 spiro atoms. The number of amides is 1. The fourth-order valence-electron chi connectivity index (χ4n) is 2.44. The van der Waals surface area contributed by atoms with E-state index in [2.05, 4.69) is 4.98 Å². The first-order valence-corrected chi connectivity index (χ1v) is 8.22. The first kappa shape index (κ1) is 17.6. The molecule has 0 fully saturated rings. The molecule has 132 valence electrons. The summed E-state index contributed by atoms with van der Waals surface area (Å²) in [7, 11) is 0. The molecule has 2 heterocycles. The summed E-state index contributed by atoms with van der Waals surface area (Å²) in [4.78, 5) is 15.5. The number of pyridine rings is 2. The highest BCUT2D eigenvalue weighted by Gasteiger charge is 2.06. The zero-order valence-electron chi connectivity index (χ0n) is 14.2. The molecule has 3 aromatic rings. The van der Waals surface area contributed by atoms with Crippen molar-refractivity contribution in [3.8, 4) is 5.75 Å². The number of nitrogens with two attached hydrogens (primary N) is 1. The molecule has 6 heteroatoms. The smallest absolute Gasteiger partial charge is 0.254 e. The van der Waals surface area contributed by atoms with Crippen molar-refractivity contribution in [3.05, 3.63) is 78.8 Å². The number of carbonyl (C=O) groups excluding carboxylic acids is 1. The van der Waals surface area contributed by atoms with Crippen LogP contribution < -0.4 is 15.0 Å². The number of hydrogen-bond acceptors (Lipinski definition) is 4. The summed E-state index contributed by atoms with van der Waals surface area (Å²) in [6, 6.07) is 13.2. The number of ether oxygens (including phenoxy) is 2. The number of hydrogen-bond donors (Lipinski definition) is 1. The van der Waals surface area contributed by atoms with Crippen LogP contribution in [-0.4, -0.2) is 24.1 Å². The lowest BCUT2D eigenvalue weighted by atomic mass is 10.2. The highest BCUT2D eigenvalue weighted by atomic mass is 16.5. The van der Waals surface area contributed by atoms with Crippen LogP contribution in [0, 0.1) is 0 Å². The molecular weight excluding hydrogens is 330 g/mol. The molecule has 6 nitrogen and oxygen atoms in total. The van der Waals surface area contributed by atoms with Crippen LogP contribution in [0.4, 0.5) is 0 Å². The van der Waals surface area contributed by atoms with Gasteiger partial charge in [-0.3, -0.25) is 9.78 Å². The van der Waals surface area contributed by atoms with E-state index in [-0.39, 0.29) is 0 Å². The highest BCUT2D eigenvalue weighted by Crippen LogP contribution is 2.22. The van der Waals surface area contributed by atoms with Crippen LogP contribution in [0.2, 0.25) is 0 Å². The molecule has 0 unspecified atom stereocenters. The summed E-state index contributed by atoms with van der Waals surface area (Å²) < 4.78 is 13.1. The normalized spacial score (nSPS) is 11.1. The van der Waals surface area contributed by atoms with E-state index in [0.717, 1.165) is 16.7 Å². The number of primary amides is 1. The molecule has 1 amide bonds. The molecule has 0 aliphatic rings. The molecular formula is C20H20N3O3+. The zero-order chi connectivity index (χ0) is 18.2. The summed E-state index contributed by atoms with van der Waals surface area (Å²) in [6.07, 6.45) is 9.00. The SMILES string of the molecule is NC(=O)c1ccc[n+](COC/C=C/COc2cccc3cccnc23)c1. The van der Waals surface area contributed by atoms with E-state index < -0.39 is 5.91 Å². The van der Waals surface area contributed by atoms with E-state index in [1.807, 2.05) is 48.7 Å². The molecule has 26 heavy (non-hydrogen) atoms. The third-order valence-corrected chi connectivity index (χ3v) is 3.69. The Kier molecular flexibility index (Phi) is 5.90. The van der Waals surface area contributed by atoms with E-state index in [1.54, 1.807) is 29.1 Å².